The second-order valence-corrected chi connectivity index (χ2v) is 9.32. The van der Waals surface area contributed by atoms with Gasteiger partial charge in [-0.2, -0.15) is 0 Å². The Balaban J connectivity index is 0. The molecule has 1 aromatic rings. The summed E-state index contributed by atoms with van der Waals surface area (Å²) in [6.45, 7) is 10.4. The van der Waals surface area contributed by atoms with Crippen LogP contribution in [-0.4, -0.2) is 141 Å². The number of aliphatic hydroxyl groups is 2. The van der Waals surface area contributed by atoms with Crippen molar-refractivity contribution in [3.63, 3.8) is 0 Å². The summed E-state index contributed by atoms with van der Waals surface area (Å²) in [5.41, 5.74) is 0.344. The maximum atomic E-state index is 12.4. The van der Waals surface area contributed by atoms with Gasteiger partial charge in [-0.05, 0) is 33.2 Å². The molecular formula is C24H44Cl4N4O5. The molecule has 2 aliphatic heterocycles. The van der Waals surface area contributed by atoms with E-state index in [4.69, 9.17) is 9.47 Å². The number of rotatable bonds is 11. The van der Waals surface area contributed by atoms with Crippen LogP contribution in [0, 0.1) is 0 Å². The van der Waals surface area contributed by atoms with E-state index >= 15 is 0 Å². The number of ether oxygens (including phenoxy) is 2. The number of ketones is 1. The maximum absolute atomic E-state index is 12.4. The molecule has 0 spiro atoms. The maximum Gasteiger partial charge on any atom is 0.167 e. The van der Waals surface area contributed by atoms with Crippen molar-refractivity contribution in [3.8, 4) is 11.5 Å². The Labute approximate surface area is 246 Å². The van der Waals surface area contributed by atoms with E-state index in [0.29, 0.717) is 30.2 Å². The Bertz CT molecular complexity index is 714. The third-order valence-electron chi connectivity index (χ3n) is 6.33. The van der Waals surface area contributed by atoms with Crippen LogP contribution in [0.25, 0.3) is 0 Å². The highest BCUT2D eigenvalue weighted by Gasteiger charge is 2.21. The fraction of sp³-hybridized carbons (Fsp3) is 0.708. The first-order valence-corrected chi connectivity index (χ1v) is 11.9. The van der Waals surface area contributed by atoms with E-state index in [2.05, 4.69) is 33.7 Å². The van der Waals surface area contributed by atoms with Crippen LogP contribution in [-0.2, 0) is 0 Å². The highest BCUT2D eigenvalue weighted by Crippen LogP contribution is 2.29. The van der Waals surface area contributed by atoms with Gasteiger partial charge in [0.15, 0.2) is 5.78 Å². The molecule has 0 bridgehead atoms. The minimum Gasteiger partial charge on any atom is -0.490 e. The Morgan fingerprint density at radius 3 is 1.43 bits per heavy atom. The lowest BCUT2D eigenvalue weighted by atomic mass is 10.1. The molecule has 0 saturated carbocycles. The number of aliphatic hydroxyl groups excluding tert-OH is 2. The molecule has 2 atom stereocenters. The normalized spacial score (nSPS) is 18.7. The van der Waals surface area contributed by atoms with Gasteiger partial charge in [-0.25, -0.2) is 0 Å². The predicted octanol–water partition coefficient (Wildman–Crippen LogP) is 1.55. The third-order valence-corrected chi connectivity index (χ3v) is 6.33. The number of benzene rings is 1. The molecule has 0 aromatic heterocycles. The molecule has 0 radical (unpaired) electrons. The Kier molecular flexibility index (Phi) is 20.3. The van der Waals surface area contributed by atoms with Gasteiger partial charge in [0.05, 0.1) is 0 Å². The topological polar surface area (TPSA) is 89.0 Å². The second-order valence-electron chi connectivity index (χ2n) is 9.32. The van der Waals surface area contributed by atoms with Crippen LogP contribution >= 0.6 is 49.6 Å². The third kappa shape index (κ3) is 12.9. The number of carbonyl (C=O) groups excluding carboxylic acids is 1. The average Bonchev–Trinajstić information content (AvgIpc) is 2.79. The molecule has 2 aliphatic rings. The predicted molar refractivity (Wildman–Crippen MR) is 156 cm³/mol. The van der Waals surface area contributed by atoms with Gasteiger partial charge in [0.1, 0.15) is 42.5 Å². The van der Waals surface area contributed by atoms with Gasteiger partial charge in [-0.1, -0.05) is 6.07 Å². The van der Waals surface area contributed by atoms with Crippen LogP contribution < -0.4 is 9.47 Å². The number of hydrogen-bond acceptors (Lipinski definition) is 9. The molecular weight excluding hydrogens is 566 g/mol. The SMILES string of the molecule is CC(=O)c1c(OCC(O)CN2CCN(C)CC2)cccc1OCC(O)CN1CCN(C)CC1.Cl.Cl.Cl.Cl. The number of halogens is 4. The molecule has 2 N–H and O–H groups in total. The minimum absolute atomic E-state index is 0. The van der Waals surface area contributed by atoms with E-state index in [0.717, 1.165) is 52.4 Å². The van der Waals surface area contributed by atoms with Crippen molar-refractivity contribution in [2.75, 3.05) is 92.8 Å². The van der Waals surface area contributed by atoms with Gasteiger partial charge >= 0.3 is 0 Å². The van der Waals surface area contributed by atoms with E-state index in [1.807, 2.05) is 0 Å². The molecule has 2 unspecified atom stereocenters. The van der Waals surface area contributed by atoms with Crippen molar-refractivity contribution < 1.29 is 24.5 Å². The lowest BCUT2D eigenvalue weighted by Crippen LogP contribution is -2.47. The molecule has 2 fully saturated rings. The van der Waals surface area contributed by atoms with Crippen molar-refractivity contribution in [2.45, 2.75) is 19.1 Å². The van der Waals surface area contributed by atoms with Gasteiger partial charge in [-0.3, -0.25) is 14.6 Å². The summed E-state index contributed by atoms with van der Waals surface area (Å²) < 4.78 is 11.7. The Morgan fingerprint density at radius 1 is 0.757 bits per heavy atom. The zero-order valence-electron chi connectivity index (χ0n) is 21.9. The first-order chi connectivity index (χ1) is 15.8. The fourth-order valence-corrected chi connectivity index (χ4v) is 4.23. The van der Waals surface area contributed by atoms with Crippen molar-refractivity contribution in [1.82, 2.24) is 19.6 Å². The molecule has 1 aromatic carbocycles. The summed E-state index contributed by atoms with van der Waals surface area (Å²) in [6.07, 6.45) is -1.30. The molecule has 2 heterocycles. The van der Waals surface area contributed by atoms with Gasteiger partial charge in [0, 0.05) is 65.4 Å². The smallest absolute Gasteiger partial charge is 0.167 e. The molecule has 2 saturated heterocycles. The van der Waals surface area contributed by atoms with E-state index in [-0.39, 0.29) is 68.6 Å². The first-order valence-electron chi connectivity index (χ1n) is 11.9. The summed E-state index contributed by atoms with van der Waals surface area (Å²) in [5.74, 6) is 0.611. The van der Waals surface area contributed by atoms with Crippen LogP contribution in [0.15, 0.2) is 18.2 Å². The van der Waals surface area contributed by atoms with Gasteiger partial charge in [-0.15, -0.1) is 49.6 Å². The zero-order valence-corrected chi connectivity index (χ0v) is 25.2. The van der Waals surface area contributed by atoms with E-state index in [9.17, 15) is 15.0 Å². The number of nitrogens with zero attached hydrogens (tertiary/aromatic N) is 4. The van der Waals surface area contributed by atoms with Gasteiger partial charge < -0.3 is 29.5 Å². The molecule has 218 valence electrons. The van der Waals surface area contributed by atoms with E-state index in [1.54, 1.807) is 18.2 Å². The summed E-state index contributed by atoms with van der Waals surface area (Å²) >= 11 is 0. The molecule has 37 heavy (non-hydrogen) atoms. The number of likely N-dealkylation sites (N-methyl/N-ethyl adjacent to an activating group) is 2. The fourth-order valence-electron chi connectivity index (χ4n) is 4.23. The number of piperazine rings is 2. The van der Waals surface area contributed by atoms with Crippen LogP contribution in [0.3, 0.4) is 0 Å². The van der Waals surface area contributed by atoms with Crippen LogP contribution in [0.5, 0.6) is 11.5 Å². The standard InChI is InChI=1S/C24H40N4O5.4ClH/c1-19(29)24-22(32-17-20(30)15-27-11-7-25(2)8-12-27)5-4-6-23(24)33-18-21(31)16-28-13-9-26(3)10-14-28;;;;/h4-6,20-21,30-31H,7-18H2,1-3H3;4*1H. The van der Waals surface area contributed by atoms with Gasteiger partial charge in [0.2, 0.25) is 0 Å². The highest BCUT2D eigenvalue weighted by atomic mass is 35.5. The summed E-state index contributed by atoms with van der Waals surface area (Å²) in [6, 6.07) is 5.19. The minimum atomic E-state index is -0.650. The Morgan fingerprint density at radius 2 is 1.11 bits per heavy atom. The second kappa shape index (κ2) is 19.5. The number of hydrogen-bond donors (Lipinski definition) is 2. The summed E-state index contributed by atoms with van der Waals surface area (Å²) in [4.78, 5) is 21.3. The lowest BCUT2D eigenvalue weighted by molar-refractivity contribution is 0.0479. The van der Waals surface area contributed by atoms with Crippen molar-refractivity contribution in [2.24, 2.45) is 0 Å². The zero-order chi connectivity index (χ0) is 23.8. The Hall–Kier alpha value is -0.590. The molecule has 13 heteroatoms. The number of β-amino-alcohol motifs (C(OH)–C–C–N with tert-alkyl or cyclic N) is 2. The first kappa shape index (κ1) is 38.6. The molecule has 9 nitrogen and oxygen atoms in total. The van der Waals surface area contributed by atoms with Gasteiger partial charge in [0.25, 0.3) is 0 Å². The number of Topliss-reactive ketones (excluding diaryl/α,β-unsaturated/α-hetero) is 1. The van der Waals surface area contributed by atoms with E-state index < -0.39 is 12.2 Å². The van der Waals surface area contributed by atoms with Crippen LogP contribution in [0.1, 0.15) is 17.3 Å². The molecule has 0 amide bonds. The van der Waals surface area contributed by atoms with Crippen LogP contribution in [0.2, 0.25) is 0 Å². The lowest BCUT2D eigenvalue weighted by Gasteiger charge is -2.33. The van der Waals surface area contributed by atoms with Crippen molar-refractivity contribution >= 4 is 55.4 Å². The van der Waals surface area contributed by atoms with E-state index in [1.165, 1.54) is 6.92 Å². The number of carbonyl (C=O) groups is 1. The van der Waals surface area contributed by atoms with Crippen molar-refractivity contribution in [3.05, 3.63) is 23.8 Å². The quantitative estimate of drug-likeness (QED) is 0.363. The largest absolute Gasteiger partial charge is 0.490 e. The average molecular weight is 610 g/mol. The molecule has 0 aliphatic carbocycles. The summed E-state index contributed by atoms with van der Waals surface area (Å²) in [5, 5.41) is 20.9. The highest BCUT2D eigenvalue weighted by molar-refractivity contribution is 5.99. The van der Waals surface area contributed by atoms with Crippen LogP contribution in [0.4, 0.5) is 0 Å². The molecule has 3 rings (SSSR count). The monoisotopic (exact) mass is 608 g/mol. The van der Waals surface area contributed by atoms with Crippen molar-refractivity contribution in [1.29, 1.82) is 0 Å². The summed E-state index contributed by atoms with van der Waals surface area (Å²) in [7, 11) is 4.20.